The van der Waals surface area contributed by atoms with E-state index in [1.807, 2.05) is 28.3 Å². The van der Waals surface area contributed by atoms with Crippen molar-refractivity contribution in [1.29, 1.82) is 0 Å². The van der Waals surface area contributed by atoms with Crippen molar-refractivity contribution in [3.8, 4) is 0 Å². The monoisotopic (exact) mass is 505 g/mol. The summed E-state index contributed by atoms with van der Waals surface area (Å²) in [5.41, 5.74) is 6.67. The third-order valence-corrected chi connectivity index (χ3v) is 8.90. The molecule has 2 aromatic rings. The molecule has 2 saturated heterocycles. The maximum absolute atomic E-state index is 13.5. The minimum absolute atomic E-state index is 0.0152. The second kappa shape index (κ2) is 9.15. The van der Waals surface area contributed by atoms with Gasteiger partial charge in [0.05, 0.1) is 17.7 Å². The minimum atomic E-state index is -0.0228. The normalized spacial score (nSPS) is 24.5. The summed E-state index contributed by atoms with van der Waals surface area (Å²) in [5.74, 6) is 0.0853. The Morgan fingerprint density at radius 1 is 1.05 bits per heavy atom. The lowest BCUT2D eigenvalue weighted by Crippen LogP contribution is -2.57. The van der Waals surface area contributed by atoms with Crippen LogP contribution in [0.1, 0.15) is 66.0 Å². The topological polar surface area (TPSA) is 70.9 Å². The highest BCUT2D eigenvalue weighted by atomic mass is 16.5. The van der Waals surface area contributed by atoms with E-state index in [0.717, 1.165) is 56.5 Å². The Morgan fingerprint density at radius 3 is 2.54 bits per heavy atom. The first-order valence-corrected chi connectivity index (χ1v) is 13.9. The number of anilines is 1. The van der Waals surface area contributed by atoms with Gasteiger partial charge >= 0.3 is 0 Å². The zero-order chi connectivity index (χ0) is 25.9. The van der Waals surface area contributed by atoms with E-state index in [9.17, 15) is 9.59 Å². The Balaban J connectivity index is 1.18. The fraction of sp³-hybridized carbons (Fsp3) is 0.621. The van der Waals surface area contributed by atoms with Crippen molar-refractivity contribution in [3.63, 3.8) is 0 Å². The van der Waals surface area contributed by atoms with Gasteiger partial charge in [-0.25, -0.2) is 0 Å². The summed E-state index contributed by atoms with van der Waals surface area (Å²) in [6.07, 6.45) is 5.02. The highest BCUT2D eigenvalue weighted by molar-refractivity contribution is 5.94. The summed E-state index contributed by atoms with van der Waals surface area (Å²) >= 11 is 0. The lowest BCUT2D eigenvalue weighted by atomic mass is 10.0. The van der Waals surface area contributed by atoms with Gasteiger partial charge < -0.3 is 19.4 Å². The van der Waals surface area contributed by atoms with Crippen LogP contribution in [0.4, 0.5) is 5.69 Å². The van der Waals surface area contributed by atoms with E-state index in [0.29, 0.717) is 25.3 Å². The van der Waals surface area contributed by atoms with Gasteiger partial charge in [0.25, 0.3) is 5.91 Å². The van der Waals surface area contributed by atoms with Gasteiger partial charge in [0.1, 0.15) is 6.54 Å². The quantitative estimate of drug-likeness (QED) is 0.639. The average molecular weight is 506 g/mol. The molecule has 1 aromatic carbocycles. The van der Waals surface area contributed by atoms with Gasteiger partial charge in [0.15, 0.2) is 5.69 Å². The molecule has 4 aliphatic rings. The van der Waals surface area contributed by atoms with E-state index >= 15 is 0 Å². The fourth-order valence-electron chi connectivity index (χ4n) is 6.70. The lowest BCUT2D eigenvalue weighted by molar-refractivity contribution is -0.133. The Hall–Kier alpha value is -2.87. The number of morpholine rings is 1. The fourth-order valence-corrected chi connectivity index (χ4v) is 6.70. The first-order chi connectivity index (χ1) is 17.8. The van der Waals surface area contributed by atoms with Crippen LogP contribution in [0.15, 0.2) is 18.2 Å². The third kappa shape index (κ3) is 4.33. The number of piperazine rings is 1. The van der Waals surface area contributed by atoms with E-state index < -0.39 is 0 Å². The predicted molar refractivity (Wildman–Crippen MR) is 142 cm³/mol. The molecule has 198 valence electrons. The van der Waals surface area contributed by atoms with Gasteiger partial charge in [-0.05, 0) is 77.0 Å². The number of hydrogen-bond donors (Lipinski definition) is 0. The number of ether oxygens (including phenoxy) is 1. The molecule has 1 saturated carbocycles. The number of carbonyl (C=O) groups excluding carboxylic acids is 2. The largest absolute Gasteiger partial charge is 0.372 e. The number of amides is 2. The van der Waals surface area contributed by atoms with Crippen molar-refractivity contribution in [3.05, 3.63) is 46.3 Å². The number of hydrogen-bond acceptors (Lipinski definition) is 5. The molecule has 2 aliphatic carbocycles. The SMILES string of the molecule is Cc1cccc(N2CCN(C(=O)Cn3nc(C(=O)N4C[C@@H](C)O[C@@H](C)C4)c4c3CCC4)CC23CC3)c1C. The summed E-state index contributed by atoms with van der Waals surface area (Å²) in [6.45, 7) is 12.1. The van der Waals surface area contributed by atoms with Crippen LogP contribution in [-0.4, -0.2) is 81.9 Å². The summed E-state index contributed by atoms with van der Waals surface area (Å²) in [7, 11) is 0. The Kier molecular flexibility index (Phi) is 6.05. The van der Waals surface area contributed by atoms with Crippen LogP contribution in [0, 0.1) is 13.8 Å². The molecule has 2 aliphatic heterocycles. The number of rotatable bonds is 4. The molecule has 0 N–H and O–H groups in total. The molecule has 37 heavy (non-hydrogen) atoms. The van der Waals surface area contributed by atoms with Crippen LogP contribution in [0.2, 0.25) is 0 Å². The van der Waals surface area contributed by atoms with E-state index in [2.05, 4.69) is 36.9 Å². The molecule has 8 heteroatoms. The molecule has 0 unspecified atom stereocenters. The van der Waals surface area contributed by atoms with Crippen molar-refractivity contribution >= 4 is 17.5 Å². The highest BCUT2D eigenvalue weighted by Gasteiger charge is 2.52. The molecule has 8 nitrogen and oxygen atoms in total. The van der Waals surface area contributed by atoms with Gasteiger partial charge in [-0.15, -0.1) is 0 Å². The van der Waals surface area contributed by atoms with Crippen LogP contribution >= 0.6 is 0 Å². The molecule has 1 spiro atoms. The van der Waals surface area contributed by atoms with Crippen LogP contribution in [0.3, 0.4) is 0 Å². The minimum Gasteiger partial charge on any atom is -0.372 e. The van der Waals surface area contributed by atoms with Gasteiger partial charge in [-0.3, -0.25) is 14.3 Å². The van der Waals surface area contributed by atoms with Crippen molar-refractivity contribution in [2.24, 2.45) is 0 Å². The van der Waals surface area contributed by atoms with Crippen molar-refractivity contribution in [2.75, 3.05) is 37.6 Å². The summed E-state index contributed by atoms with van der Waals surface area (Å²) in [5, 5.41) is 4.75. The molecule has 3 heterocycles. The van der Waals surface area contributed by atoms with Gasteiger partial charge in [-0.1, -0.05) is 12.1 Å². The van der Waals surface area contributed by atoms with Gasteiger partial charge in [0.2, 0.25) is 5.91 Å². The molecule has 0 radical (unpaired) electrons. The zero-order valence-corrected chi connectivity index (χ0v) is 22.6. The van der Waals surface area contributed by atoms with Crippen molar-refractivity contribution < 1.29 is 14.3 Å². The van der Waals surface area contributed by atoms with Gasteiger partial charge in [-0.2, -0.15) is 5.10 Å². The lowest BCUT2D eigenvalue weighted by Gasteiger charge is -2.44. The third-order valence-electron chi connectivity index (χ3n) is 8.90. The van der Waals surface area contributed by atoms with Crippen molar-refractivity contribution in [2.45, 2.75) is 84.1 Å². The van der Waals surface area contributed by atoms with E-state index in [1.54, 1.807) is 0 Å². The smallest absolute Gasteiger partial charge is 0.274 e. The number of nitrogens with zero attached hydrogens (tertiary/aromatic N) is 5. The summed E-state index contributed by atoms with van der Waals surface area (Å²) in [4.78, 5) is 33.5. The second-order valence-corrected chi connectivity index (χ2v) is 11.7. The molecule has 2 atom stereocenters. The number of aryl methyl sites for hydroxylation is 1. The summed E-state index contributed by atoms with van der Waals surface area (Å²) < 4.78 is 7.65. The highest BCUT2D eigenvalue weighted by Crippen LogP contribution is 2.47. The Morgan fingerprint density at radius 2 is 1.81 bits per heavy atom. The van der Waals surface area contributed by atoms with E-state index in [-0.39, 0.29) is 36.1 Å². The average Bonchev–Trinajstić information content (AvgIpc) is 3.30. The predicted octanol–water partition coefficient (Wildman–Crippen LogP) is 3.12. The zero-order valence-electron chi connectivity index (χ0n) is 22.6. The van der Waals surface area contributed by atoms with Crippen LogP contribution in [-0.2, 0) is 28.9 Å². The second-order valence-electron chi connectivity index (χ2n) is 11.7. The van der Waals surface area contributed by atoms with Crippen molar-refractivity contribution in [1.82, 2.24) is 19.6 Å². The van der Waals surface area contributed by atoms with E-state index in [1.165, 1.54) is 16.8 Å². The number of aromatic nitrogens is 2. The molecular formula is C29H39N5O3. The number of fused-ring (bicyclic) bond motifs is 1. The molecule has 0 bridgehead atoms. The Labute approximate surface area is 219 Å². The van der Waals surface area contributed by atoms with Crippen LogP contribution < -0.4 is 4.90 Å². The van der Waals surface area contributed by atoms with Crippen LogP contribution in [0.25, 0.3) is 0 Å². The molecule has 2 amide bonds. The summed E-state index contributed by atoms with van der Waals surface area (Å²) in [6, 6.07) is 6.53. The molecule has 1 aromatic heterocycles. The molecule has 6 rings (SSSR count). The number of benzene rings is 1. The maximum atomic E-state index is 13.5. The first kappa shape index (κ1) is 24.5. The van der Waals surface area contributed by atoms with Crippen LogP contribution in [0.5, 0.6) is 0 Å². The number of carbonyl (C=O) groups is 2. The standard InChI is InChI=1S/C29H39N5O3/c1-19-7-5-9-24(22(19)4)33-14-13-31(18-29(33)11-12-29)26(35)17-34-25-10-6-8-23(25)27(30-34)28(36)32-15-20(2)37-21(3)16-32/h5,7,9,20-21H,6,8,10-18H2,1-4H3/t20-,21+. The first-order valence-electron chi connectivity index (χ1n) is 13.9. The Bertz CT molecular complexity index is 1220. The molecule has 3 fully saturated rings. The van der Waals surface area contributed by atoms with Gasteiger partial charge in [0, 0.05) is 49.7 Å². The van der Waals surface area contributed by atoms with E-state index in [4.69, 9.17) is 9.84 Å². The maximum Gasteiger partial charge on any atom is 0.274 e. The molecular weight excluding hydrogens is 466 g/mol.